The lowest BCUT2D eigenvalue weighted by atomic mass is 9.87. The lowest BCUT2D eigenvalue weighted by Crippen LogP contribution is -2.33. The second kappa shape index (κ2) is 3.87. The smallest absolute Gasteiger partial charge is 0.232 e. The molecule has 1 aromatic rings. The van der Waals surface area contributed by atoms with Crippen molar-refractivity contribution in [2.24, 2.45) is 0 Å². The average Bonchev–Trinajstić information content (AvgIpc) is 2.38. The van der Waals surface area contributed by atoms with E-state index < -0.39 is 10.0 Å². The normalized spacial score (nSPS) is 18.3. The first-order chi connectivity index (χ1) is 7.63. The van der Waals surface area contributed by atoms with Crippen molar-refractivity contribution in [3.63, 3.8) is 0 Å². The minimum atomic E-state index is -3.26. The number of rotatable bonds is 1. The van der Waals surface area contributed by atoms with Crippen LogP contribution in [0.15, 0.2) is 16.6 Å². The van der Waals surface area contributed by atoms with Gasteiger partial charge >= 0.3 is 0 Å². The minimum Gasteiger partial charge on any atom is -0.268 e. The van der Waals surface area contributed by atoms with Gasteiger partial charge in [-0.2, -0.15) is 0 Å². The summed E-state index contributed by atoms with van der Waals surface area (Å²) in [6.45, 7) is 4.47. The number of benzene rings is 1. The summed E-state index contributed by atoms with van der Waals surface area (Å²) >= 11 is 9.41. The van der Waals surface area contributed by atoms with Gasteiger partial charge < -0.3 is 0 Å². The average molecular weight is 339 g/mol. The molecule has 0 spiro atoms. The maximum absolute atomic E-state index is 11.8. The molecule has 0 amide bonds. The van der Waals surface area contributed by atoms with Gasteiger partial charge in [0.1, 0.15) is 0 Å². The summed E-state index contributed by atoms with van der Waals surface area (Å²) < 4.78 is 25.7. The Morgan fingerprint density at radius 3 is 2.53 bits per heavy atom. The number of halogens is 2. The highest BCUT2D eigenvalue weighted by Crippen LogP contribution is 2.46. The number of hydrogen-bond donors (Lipinski definition) is 0. The van der Waals surface area contributed by atoms with Crippen LogP contribution in [0.3, 0.4) is 0 Å². The molecule has 0 saturated heterocycles. The van der Waals surface area contributed by atoms with Crippen LogP contribution >= 0.6 is 27.5 Å². The number of fused-ring (bicyclic) bond motifs is 1. The first-order valence-corrected chi connectivity index (χ1v) is 8.12. The molecule has 0 aromatic heterocycles. The first-order valence-electron chi connectivity index (χ1n) is 5.10. The fourth-order valence-electron chi connectivity index (χ4n) is 2.14. The van der Waals surface area contributed by atoms with Gasteiger partial charge in [-0.15, -0.1) is 0 Å². The number of anilines is 1. The molecular weight excluding hydrogens is 326 g/mol. The third kappa shape index (κ3) is 2.20. The molecule has 0 radical (unpaired) electrons. The van der Waals surface area contributed by atoms with Gasteiger partial charge in [0.05, 0.1) is 11.9 Å². The number of nitrogens with zero attached hydrogens (tertiary/aromatic N) is 1. The highest BCUT2D eigenvalue weighted by Gasteiger charge is 2.40. The second-order valence-electron chi connectivity index (χ2n) is 4.94. The van der Waals surface area contributed by atoms with E-state index in [2.05, 4.69) is 15.9 Å². The van der Waals surface area contributed by atoms with Gasteiger partial charge in [-0.1, -0.05) is 25.4 Å². The van der Waals surface area contributed by atoms with Crippen molar-refractivity contribution in [2.75, 3.05) is 17.1 Å². The molecule has 0 unspecified atom stereocenters. The van der Waals surface area contributed by atoms with Crippen molar-refractivity contribution >= 4 is 43.2 Å². The van der Waals surface area contributed by atoms with Crippen LogP contribution in [-0.2, 0) is 15.4 Å². The molecule has 1 heterocycles. The molecule has 0 N–H and O–H groups in total. The summed E-state index contributed by atoms with van der Waals surface area (Å²) in [7, 11) is -3.26. The van der Waals surface area contributed by atoms with Crippen molar-refractivity contribution in [2.45, 2.75) is 19.3 Å². The Morgan fingerprint density at radius 1 is 1.41 bits per heavy atom. The van der Waals surface area contributed by atoms with Gasteiger partial charge in [0.25, 0.3) is 0 Å². The van der Waals surface area contributed by atoms with Gasteiger partial charge in [-0.3, -0.25) is 4.31 Å². The zero-order valence-electron chi connectivity index (χ0n) is 9.79. The molecule has 1 aliphatic heterocycles. The van der Waals surface area contributed by atoms with Gasteiger partial charge in [0.15, 0.2) is 0 Å². The Bertz CT molecular complexity index is 583. The SMILES string of the molecule is CC1(C)CN(S(C)(=O)=O)c2c(Br)cc(Cl)cc21. The van der Waals surface area contributed by atoms with Crippen molar-refractivity contribution < 1.29 is 8.42 Å². The van der Waals surface area contributed by atoms with Crippen LogP contribution in [0.4, 0.5) is 5.69 Å². The first kappa shape index (κ1) is 13.2. The van der Waals surface area contributed by atoms with E-state index in [-0.39, 0.29) is 5.41 Å². The predicted molar refractivity (Wildman–Crippen MR) is 74.4 cm³/mol. The van der Waals surface area contributed by atoms with Crippen LogP contribution in [0.25, 0.3) is 0 Å². The molecule has 1 aromatic carbocycles. The fourth-order valence-corrected chi connectivity index (χ4v) is 4.37. The minimum absolute atomic E-state index is 0.230. The Morgan fingerprint density at radius 2 is 2.00 bits per heavy atom. The Balaban J connectivity index is 2.74. The van der Waals surface area contributed by atoms with Gasteiger partial charge in [0, 0.05) is 21.5 Å². The molecule has 0 atom stereocenters. The van der Waals surface area contributed by atoms with Crippen LogP contribution in [0.1, 0.15) is 19.4 Å². The molecule has 0 fully saturated rings. The summed E-state index contributed by atoms with van der Waals surface area (Å²) in [6.07, 6.45) is 1.22. The quantitative estimate of drug-likeness (QED) is 0.789. The molecule has 94 valence electrons. The van der Waals surface area contributed by atoms with Gasteiger partial charge in [-0.05, 0) is 33.6 Å². The summed E-state index contributed by atoms with van der Waals surface area (Å²) in [5.41, 5.74) is 1.44. The molecular formula is C11H13BrClNO2S. The van der Waals surface area contributed by atoms with Crippen molar-refractivity contribution in [1.82, 2.24) is 0 Å². The van der Waals surface area contributed by atoms with Gasteiger partial charge in [0.2, 0.25) is 10.0 Å². The molecule has 0 bridgehead atoms. The second-order valence-corrected chi connectivity index (χ2v) is 8.13. The van der Waals surface area contributed by atoms with E-state index in [0.717, 1.165) is 10.0 Å². The lowest BCUT2D eigenvalue weighted by Gasteiger charge is -2.20. The highest BCUT2D eigenvalue weighted by molar-refractivity contribution is 9.10. The van der Waals surface area contributed by atoms with Crippen LogP contribution in [0, 0.1) is 0 Å². The number of sulfonamides is 1. The summed E-state index contributed by atoms with van der Waals surface area (Å²) in [5, 5.41) is 0.610. The van der Waals surface area contributed by atoms with E-state index in [4.69, 9.17) is 11.6 Å². The summed E-state index contributed by atoms with van der Waals surface area (Å²) in [6, 6.07) is 3.56. The zero-order chi connectivity index (χ0) is 13.0. The number of hydrogen-bond acceptors (Lipinski definition) is 2. The standard InChI is InChI=1S/C11H13BrClNO2S/c1-11(2)6-14(17(3,15)16)10-8(11)4-7(13)5-9(10)12/h4-5H,6H2,1-3H3. The van der Waals surface area contributed by atoms with E-state index in [1.54, 1.807) is 6.07 Å². The monoisotopic (exact) mass is 337 g/mol. The predicted octanol–water partition coefficient (Wildman–Crippen LogP) is 3.16. The lowest BCUT2D eigenvalue weighted by molar-refractivity contribution is 0.557. The molecule has 0 saturated carbocycles. The van der Waals surface area contributed by atoms with Crippen LogP contribution in [0.2, 0.25) is 5.02 Å². The van der Waals surface area contributed by atoms with E-state index in [1.165, 1.54) is 10.6 Å². The Labute approximate surface area is 115 Å². The molecule has 1 aliphatic rings. The molecule has 2 rings (SSSR count). The van der Waals surface area contributed by atoms with Crippen molar-refractivity contribution in [1.29, 1.82) is 0 Å². The fraction of sp³-hybridized carbons (Fsp3) is 0.455. The third-order valence-electron chi connectivity index (χ3n) is 2.95. The van der Waals surface area contributed by atoms with E-state index >= 15 is 0 Å². The maximum atomic E-state index is 11.8. The van der Waals surface area contributed by atoms with Crippen LogP contribution in [0.5, 0.6) is 0 Å². The Hall–Kier alpha value is -0.260. The third-order valence-corrected chi connectivity index (χ3v) is 4.88. The summed E-state index contributed by atoms with van der Waals surface area (Å²) in [5.74, 6) is 0. The Kier molecular flexibility index (Phi) is 3.00. The largest absolute Gasteiger partial charge is 0.268 e. The highest BCUT2D eigenvalue weighted by atomic mass is 79.9. The van der Waals surface area contributed by atoms with E-state index in [1.807, 2.05) is 19.9 Å². The molecule has 6 heteroatoms. The van der Waals surface area contributed by atoms with E-state index in [9.17, 15) is 8.42 Å². The van der Waals surface area contributed by atoms with Crippen molar-refractivity contribution in [3.05, 3.63) is 27.2 Å². The zero-order valence-corrected chi connectivity index (χ0v) is 12.9. The van der Waals surface area contributed by atoms with Crippen LogP contribution < -0.4 is 4.31 Å². The van der Waals surface area contributed by atoms with Crippen LogP contribution in [-0.4, -0.2) is 21.2 Å². The molecule has 0 aliphatic carbocycles. The summed E-state index contributed by atoms with van der Waals surface area (Å²) in [4.78, 5) is 0. The van der Waals surface area contributed by atoms with Gasteiger partial charge in [-0.25, -0.2) is 8.42 Å². The topological polar surface area (TPSA) is 37.4 Å². The van der Waals surface area contributed by atoms with Crippen molar-refractivity contribution in [3.8, 4) is 0 Å². The molecule has 17 heavy (non-hydrogen) atoms. The molecule has 3 nitrogen and oxygen atoms in total. The van der Waals surface area contributed by atoms with E-state index in [0.29, 0.717) is 17.3 Å². The maximum Gasteiger partial charge on any atom is 0.232 e.